The molecule has 33 heavy (non-hydrogen) atoms. The summed E-state index contributed by atoms with van der Waals surface area (Å²) in [6.45, 7) is 2.76. The number of benzene rings is 1. The number of allylic oxidation sites excluding steroid dienone is 2. The van der Waals surface area contributed by atoms with Crippen molar-refractivity contribution in [2.24, 2.45) is 0 Å². The lowest BCUT2D eigenvalue weighted by Crippen LogP contribution is -2.26. The van der Waals surface area contributed by atoms with E-state index in [2.05, 4.69) is 24.4 Å². The molecule has 0 aliphatic heterocycles. The first kappa shape index (κ1) is 28.3. The van der Waals surface area contributed by atoms with Crippen LogP contribution in [0.2, 0.25) is 0 Å². The Bertz CT molecular complexity index is 761. The topological polar surface area (TPSA) is 110 Å². The molecular formula is C26H40N2O5. The van der Waals surface area contributed by atoms with Crippen molar-refractivity contribution < 1.29 is 19.6 Å². The van der Waals surface area contributed by atoms with Crippen LogP contribution in [0.25, 0.3) is 0 Å². The number of unbranched alkanes of at least 4 members (excludes halogenated alkanes) is 11. The first-order chi connectivity index (χ1) is 16.0. The number of carbonyl (C=O) groups excluding carboxylic acids is 1. The molecule has 2 N–H and O–H groups in total. The predicted octanol–water partition coefficient (Wildman–Crippen LogP) is 6.60. The predicted molar refractivity (Wildman–Crippen MR) is 132 cm³/mol. The maximum atomic E-state index is 12.1. The number of nitrogens with zero attached hydrogens (tertiary/aromatic N) is 1. The highest BCUT2D eigenvalue weighted by Gasteiger charge is 2.17. The SMILES string of the molecule is CCCCCCCC/C=C\CCCCCCCNC(=O)Cc1cc([N+](=O)[O-])ccc1C(=O)O. The summed E-state index contributed by atoms with van der Waals surface area (Å²) in [6, 6.07) is 3.47. The van der Waals surface area contributed by atoms with Crippen LogP contribution in [0.15, 0.2) is 30.4 Å². The van der Waals surface area contributed by atoms with E-state index in [1.54, 1.807) is 0 Å². The van der Waals surface area contributed by atoms with Crippen LogP contribution in [0.5, 0.6) is 0 Å². The molecule has 0 unspecified atom stereocenters. The van der Waals surface area contributed by atoms with Gasteiger partial charge in [0, 0.05) is 18.7 Å². The summed E-state index contributed by atoms with van der Waals surface area (Å²) >= 11 is 0. The van der Waals surface area contributed by atoms with Gasteiger partial charge in [0.25, 0.3) is 5.69 Å². The standard InChI is InChI=1S/C26H40N2O5/c1-2-3-4-5-6-7-8-9-10-11-12-13-14-15-16-19-27-25(29)21-22-20-23(28(32)33)17-18-24(22)26(30)31/h9-10,17-18,20H,2-8,11-16,19,21H2,1H3,(H,27,29)(H,30,31)/b10-9-. The Hall–Kier alpha value is -2.70. The van der Waals surface area contributed by atoms with Gasteiger partial charge in [-0.1, -0.05) is 70.4 Å². The fourth-order valence-corrected chi connectivity index (χ4v) is 3.71. The second-order valence-electron chi connectivity index (χ2n) is 8.51. The number of hydrogen-bond donors (Lipinski definition) is 2. The number of carboxylic acids is 1. The van der Waals surface area contributed by atoms with Gasteiger partial charge >= 0.3 is 5.97 Å². The van der Waals surface area contributed by atoms with Gasteiger partial charge in [-0.25, -0.2) is 4.79 Å². The van der Waals surface area contributed by atoms with Crippen LogP contribution in [0.1, 0.15) is 106 Å². The summed E-state index contributed by atoms with van der Waals surface area (Å²) in [5, 5.41) is 22.9. The number of rotatable bonds is 19. The van der Waals surface area contributed by atoms with Crippen LogP contribution < -0.4 is 5.32 Å². The van der Waals surface area contributed by atoms with E-state index in [1.165, 1.54) is 63.9 Å². The van der Waals surface area contributed by atoms with Gasteiger partial charge < -0.3 is 10.4 Å². The second-order valence-corrected chi connectivity index (χ2v) is 8.51. The summed E-state index contributed by atoms with van der Waals surface area (Å²) in [5.74, 6) is -1.53. The van der Waals surface area contributed by atoms with Gasteiger partial charge in [-0.15, -0.1) is 0 Å². The van der Waals surface area contributed by atoms with Crippen LogP contribution in [-0.4, -0.2) is 28.5 Å². The second kappa shape index (κ2) is 17.8. The molecule has 0 spiro atoms. The molecule has 0 heterocycles. The van der Waals surface area contributed by atoms with Crippen molar-refractivity contribution in [3.63, 3.8) is 0 Å². The average molecular weight is 461 g/mol. The molecule has 0 radical (unpaired) electrons. The molecule has 0 aromatic heterocycles. The minimum Gasteiger partial charge on any atom is -0.478 e. The van der Waals surface area contributed by atoms with E-state index in [0.29, 0.717) is 6.54 Å². The lowest BCUT2D eigenvalue weighted by molar-refractivity contribution is -0.384. The number of nitrogens with one attached hydrogen (secondary N) is 1. The summed E-state index contributed by atoms with van der Waals surface area (Å²) < 4.78 is 0. The highest BCUT2D eigenvalue weighted by Crippen LogP contribution is 2.19. The third-order valence-electron chi connectivity index (χ3n) is 5.64. The Balaban J connectivity index is 2.10. The Kier molecular flexibility index (Phi) is 15.3. The number of amides is 1. The smallest absolute Gasteiger partial charge is 0.335 e. The van der Waals surface area contributed by atoms with Crippen LogP contribution in [0, 0.1) is 10.1 Å². The highest BCUT2D eigenvalue weighted by atomic mass is 16.6. The molecule has 0 aliphatic rings. The Morgan fingerprint density at radius 2 is 1.52 bits per heavy atom. The summed E-state index contributed by atoms with van der Waals surface area (Å²) in [4.78, 5) is 33.7. The zero-order valence-corrected chi connectivity index (χ0v) is 20.0. The number of carboxylic acid groups (broad SMARTS) is 1. The van der Waals surface area contributed by atoms with Gasteiger partial charge in [0.2, 0.25) is 5.91 Å². The van der Waals surface area contributed by atoms with Gasteiger partial charge in [0.05, 0.1) is 16.9 Å². The number of nitro groups is 1. The van der Waals surface area contributed by atoms with Gasteiger partial charge in [0.1, 0.15) is 0 Å². The van der Waals surface area contributed by atoms with Crippen molar-refractivity contribution in [2.45, 2.75) is 96.8 Å². The molecular weight excluding hydrogens is 420 g/mol. The minimum absolute atomic E-state index is 0.0863. The number of nitro benzene ring substituents is 1. The number of aromatic carboxylic acids is 1. The fourth-order valence-electron chi connectivity index (χ4n) is 3.71. The van der Waals surface area contributed by atoms with Crippen LogP contribution in [0.4, 0.5) is 5.69 Å². The third-order valence-corrected chi connectivity index (χ3v) is 5.64. The number of carbonyl (C=O) groups is 2. The van der Waals surface area contributed by atoms with E-state index in [1.807, 2.05) is 0 Å². The maximum absolute atomic E-state index is 12.1. The molecule has 1 rings (SSSR count). The van der Waals surface area contributed by atoms with Gasteiger partial charge in [-0.3, -0.25) is 14.9 Å². The maximum Gasteiger partial charge on any atom is 0.335 e. The average Bonchev–Trinajstić information content (AvgIpc) is 2.78. The van der Waals surface area contributed by atoms with Crippen molar-refractivity contribution in [2.75, 3.05) is 6.54 Å². The van der Waals surface area contributed by atoms with Gasteiger partial charge in [-0.2, -0.15) is 0 Å². The number of non-ortho nitro benzene ring substituents is 1. The van der Waals surface area contributed by atoms with E-state index in [0.717, 1.165) is 37.8 Å². The molecule has 0 fully saturated rings. The molecule has 184 valence electrons. The molecule has 1 amide bonds. The van der Waals surface area contributed by atoms with Crippen molar-refractivity contribution in [3.8, 4) is 0 Å². The molecule has 0 aliphatic carbocycles. The lowest BCUT2D eigenvalue weighted by Gasteiger charge is -2.08. The summed E-state index contributed by atoms with van der Waals surface area (Å²) in [6.07, 6.45) is 20.1. The molecule has 0 bridgehead atoms. The summed E-state index contributed by atoms with van der Waals surface area (Å²) in [7, 11) is 0. The zero-order chi connectivity index (χ0) is 24.3. The first-order valence-electron chi connectivity index (χ1n) is 12.4. The molecule has 7 nitrogen and oxygen atoms in total. The highest BCUT2D eigenvalue weighted by molar-refractivity contribution is 5.92. The quantitative estimate of drug-likeness (QED) is 0.105. The monoisotopic (exact) mass is 460 g/mol. The lowest BCUT2D eigenvalue weighted by atomic mass is 10.0. The molecule has 0 saturated heterocycles. The fraction of sp³-hybridized carbons (Fsp3) is 0.615. The van der Waals surface area contributed by atoms with E-state index in [-0.39, 0.29) is 29.1 Å². The molecule has 0 saturated carbocycles. The van der Waals surface area contributed by atoms with E-state index < -0.39 is 10.9 Å². The largest absolute Gasteiger partial charge is 0.478 e. The Labute approximate surface area is 197 Å². The first-order valence-corrected chi connectivity index (χ1v) is 12.4. The zero-order valence-electron chi connectivity index (χ0n) is 20.0. The number of hydrogen-bond acceptors (Lipinski definition) is 4. The van der Waals surface area contributed by atoms with Crippen LogP contribution in [-0.2, 0) is 11.2 Å². The normalized spacial score (nSPS) is 11.1. The van der Waals surface area contributed by atoms with Gasteiger partial charge in [-0.05, 0) is 43.7 Å². The van der Waals surface area contributed by atoms with E-state index in [9.17, 15) is 24.8 Å². The third kappa shape index (κ3) is 13.4. The molecule has 0 atom stereocenters. The molecule has 1 aromatic rings. The van der Waals surface area contributed by atoms with Crippen LogP contribution in [0.3, 0.4) is 0 Å². The van der Waals surface area contributed by atoms with E-state index in [4.69, 9.17) is 0 Å². The Morgan fingerprint density at radius 1 is 0.939 bits per heavy atom. The Morgan fingerprint density at radius 3 is 2.09 bits per heavy atom. The van der Waals surface area contributed by atoms with Crippen molar-refractivity contribution in [1.29, 1.82) is 0 Å². The van der Waals surface area contributed by atoms with Crippen molar-refractivity contribution in [1.82, 2.24) is 5.32 Å². The van der Waals surface area contributed by atoms with Crippen LogP contribution >= 0.6 is 0 Å². The van der Waals surface area contributed by atoms with Crippen molar-refractivity contribution >= 4 is 17.6 Å². The molecule has 7 heteroatoms. The summed E-state index contributed by atoms with van der Waals surface area (Å²) in [5.41, 5.74) is -0.157. The van der Waals surface area contributed by atoms with Gasteiger partial charge in [0.15, 0.2) is 0 Å². The van der Waals surface area contributed by atoms with Crippen molar-refractivity contribution in [3.05, 3.63) is 51.6 Å². The molecule has 1 aromatic carbocycles. The minimum atomic E-state index is -1.20. The van der Waals surface area contributed by atoms with E-state index >= 15 is 0 Å².